The molecule has 3 rings (SSSR count). The average Bonchev–Trinajstić information content (AvgIpc) is 2.43. The van der Waals surface area contributed by atoms with Gasteiger partial charge in [0.1, 0.15) is 24.2 Å². The van der Waals surface area contributed by atoms with Crippen LogP contribution in [-0.2, 0) is 0 Å². The zero-order chi connectivity index (χ0) is 12.4. The molecule has 18 heavy (non-hydrogen) atoms. The minimum Gasteiger partial charge on any atom is -0.492 e. The van der Waals surface area contributed by atoms with Gasteiger partial charge in [0, 0.05) is 5.56 Å². The molecule has 1 aliphatic rings. The summed E-state index contributed by atoms with van der Waals surface area (Å²) in [5.41, 5.74) is 1.09. The highest BCUT2D eigenvalue weighted by Gasteiger charge is 2.30. The zero-order valence-electron chi connectivity index (χ0n) is 9.75. The van der Waals surface area contributed by atoms with Crippen LogP contribution in [0.5, 0.6) is 11.5 Å². The summed E-state index contributed by atoms with van der Waals surface area (Å²) in [6.07, 6.45) is -0.0163. The monoisotopic (exact) mass is 304 g/mol. The van der Waals surface area contributed by atoms with E-state index in [1.165, 1.54) is 0 Å². The van der Waals surface area contributed by atoms with Crippen molar-refractivity contribution in [2.24, 2.45) is 0 Å². The first-order valence-corrected chi connectivity index (χ1v) is 6.83. The van der Waals surface area contributed by atoms with E-state index in [0.717, 1.165) is 17.1 Å². The van der Waals surface area contributed by atoms with Gasteiger partial charge < -0.3 is 9.47 Å². The summed E-state index contributed by atoms with van der Waals surface area (Å²) in [5, 5.41) is 0. The fraction of sp³-hybridized carbons (Fsp3) is 0.200. The third-order valence-corrected chi connectivity index (χ3v) is 3.70. The van der Waals surface area contributed by atoms with Crippen LogP contribution in [0.3, 0.4) is 0 Å². The second kappa shape index (κ2) is 5.02. The quantitative estimate of drug-likeness (QED) is 0.782. The molecule has 2 aromatic rings. The summed E-state index contributed by atoms with van der Waals surface area (Å²) in [7, 11) is 0. The van der Waals surface area contributed by atoms with Crippen molar-refractivity contribution in [3.05, 3.63) is 60.2 Å². The Morgan fingerprint density at radius 3 is 2.56 bits per heavy atom. The van der Waals surface area contributed by atoms with Gasteiger partial charge >= 0.3 is 0 Å². The molecule has 0 fully saturated rings. The Bertz CT molecular complexity index is 527. The van der Waals surface area contributed by atoms with Crippen molar-refractivity contribution >= 4 is 15.9 Å². The minimum atomic E-state index is -0.0163. The highest BCUT2D eigenvalue weighted by molar-refractivity contribution is 9.09. The Morgan fingerprint density at radius 2 is 1.72 bits per heavy atom. The Kier molecular flexibility index (Phi) is 3.24. The summed E-state index contributed by atoms with van der Waals surface area (Å²) in [4.78, 5) is 0.160. The molecule has 0 unspecified atom stereocenters. The Labute approximate surface area is 115 Å². The lowest BCUT2D eigenvalue weighted by molar-refractivity contribution is 0.146. The van der Waals surface area contributed by atoms with Crippen molar-refractivity contribution < 1.29 is 9.47 Å². The molecule has 2 aromatic carbocycles. The highest BCUT2D eigenvalue weighted by atomic mass is 79.9. The molecule has 1 aliphatic heterocycles. The maximum Gasteiger partial charge on any atom is 0.143 e. The van der Waals surface area contributed by atoms with Gasteiger partial charge in [-0.05, 0) is 18.2 Å². The molecule has 0 saturated carbocycles. The van der Waals surface area contributed by atoms with Gasteiger partial charge in [-0.1, -0.05) is 52.3 Å². The van der Waals surface area contributed by atoms with Gasteiger partial charge in [-0.3, -0.25) is 0 Å². The van der Waals surface area contributed by atoms with Crippen LogP contribution in [0, 0.1) is 0 Å². The number of para-hydroxylation sites is 2. The molecule has 2 nitrogen and oxygen atoms in total. The van der Waals surface area contributed by atoms with E-state index in [0.29, 0.717) is 6.61 Å². The number of benzene rings is 2. The average molecular weight is 305 g/mol. The second-order valence-corrected chi connectivity index (χ2v) is 5.39. The molecule has 92 valence electrons. The normalized spacial score (nSPS) is 21.8. The van der Waals surface area contributed by atoms with E-state index in [1.54, 1.807) is 0 Å². The molecule has 0 aliphatic carbocycles. The molecule has 0 spiro atoms. The largest absolute Gasteiger partial charge is 0.492 e. The van der Waals surface area contributed by atoms with E-state index in [2.05, 4.69) is 22.0 Å². The Hall–Kier alpha value is -1.48. The molecule has 0 aromatic heterocycles. The Morgan fingerprint density at radius 1 is 1.00 bits per heavy atom. The molecule has 0 bridgehead atoms. The first-order chi connectivity index (χ1) is 8.84. The number of hydrogen-bond acceptors (Lipinski definition) is 2. The predicted molar refractivity (Wildman–Crippen MR) is 74.5 cm³/mol. The van der Waals surface area contributed by atoms with E-state index in [-0.39, 0.29) is 10.9 Å². The van der Waals surface area contributed by atoms with Crippen molar-refractivity contribution in [2.45, 2.75) is 10.9 Å². The van der Waals surface area contributed by atoms with Gasteiger partial charge in [0.15, 0.2) is 0 Å². The van der Waals surface area contributed by atoms with Gasteiger partial charge in [-0.2, -0.15) is 0 Å². The van der Waals surface area contributed by atoms with Crippen LogP contribution in [0.25, 0.3) is 0 Å². The third kappa shape index (κ3) is 2.23. The van der Waals surface area contributed by atoms with Crippen molar-refractivity contribution in [3.8, 4) is 11.5 Å². The van der Waals surface area contributed by atoms with Crippen molar-refractivity contribution in [1.82, 2.24) is 0 Å². The van der Waals surface area contributed by atoms with Crippen LogP contribution in [0.1, 0.15) is 11.7 Å². The lowest BCUT2D eigenvalue weighted by Gasteiger charge is -2.30. The number of fused-ring (bicyclic) bond motifs is 1. The van der Waals surface area contributed by atoms with Gasteiger partial charge in [0.2, 0.25) is 0 Å². The molecular weight excluding hydrogens is 292 g/mol. The van der Waals surface area contributed by atoms with E-state index in [9.17, 15) is 0 Å². The molecule has 0 saturated heterocycles. The van der Waals surface area contributed by atoms with Crippen LogP contribution in [0.15, 0.2) is 54.6 Å². The molecule has 1 heterocycles. The molecular formula is C15H13BrO2. The van der Waals surface area contributed by atoms with E-state index >= 15 is 0 Å². The smallest absolute Gasteiger partial charge is 0.143 e. The minimum absolute atomic E-state index is 0.0163. The predicted octanol–water partition coefficient (Wildman–Crippen LogP) is 3.96. The first kappa shape index (κ1) is 11.6. The fourth-order valence-corrected chi connectivity index (χ4v) is 2.61. The van der Waals surface area contributed by atoms with Crippen molar-refractivity contribution in [3.63, 3.8) is 0 Å². The number of ether oxygens (including phenoxy) is 2. The van der Waals surface area contributed by atoms with Crippen LogP contribution >= 0.6 is 15.9 Å². The van der Waals surface area contributed by atoms with Crippen molar-refractivity contribution in [2.75, 3.05) is 6.61 Å². The number of hydrogen-bond donors (Lipinski definition) is 0. The summed E-state index contributed by atoms with van der Waals surface area (Å²) in [6.45, 7) is 0.620. The standard InChI is InChI=1S/C15H13BrO2/c16-13-10-17-14-9-5-4-8-12(14)15(13)18-11-6-2-1-3-7-11/h1-9,13,15H,10H2/t13-,15-/m1/s1. The van der Waals surface area contributed by atoms with Crippen LogP contribution < -0.4 is 9.47 Å². The van der Waals surface area contributed by atoms with Gasteiger partial charge in [-0.15, -0.1) is 0 Å². The second-order valence-electron chi connectivity index (χ2n) is 4.22. The Balaban J connectivity index is 1.91. The maximum absolute atomic E-state index is 6.07. The lowest BCUT2D eigenvalue weighted by Crippen LogP contribution is -2.29. The van der Waals surface area contributed by atoms with E-state index in [4.69, 9.17) is 9.47 Å². The molecule has 3 heteroatoms. The van der Waals surface area contributed by atoms with E-state index < -0.39 is 0 Å². The SMILES string of the molecule is Br[C@@H]1COc2ccccc2[C@H]1Oc1ccccc1. The number of halogens is 1. The molecule has 0 radical (unpaired) electrons. The summed E-state index contributed by atoms with van der Waals surface area (Å²) in [5.74, 6) is 1.79. The van der Waals surface area contributed by atoms with Gasteiger partial charge in [-0.25, -0.2) is 0 Å². The summed E-state index contributed by atoms with van der Waals surface area (Å²) >= 11 is 3.63. The molecule has 0 amide bonds. The van der Waals surface area contributed by atoms with Gasteiger partial charge in [0.25, 0.3) is 0 Å². The topological polar surface area (TPSA) is 18.5 Å². The van der Waals surface area contributed by atoms with Crippen LogP contribution in [0.2, 0.25) is 0 Å². The highest BCUT2D eigenvalue weighted by Crippen LogP contribution is 2.38. The third-order valence-electron chi connectivity index (χ3n) is 2.96. The molecule has 0 N–H and O–H groups in total. The number of alkyl halides is 1. The van der Waals surface area contributed by atoms with Gasteiger partial charge in [0.05, 0.1) is 4.83 Å². The van der Waals surface area contributed by atoms with Crippen molar-refractivity contribution in [1.29, 1.82) is 0 Å². The fourth-order valence-electron chi connectivity index (χ4n) is 2.08. The maximum atomic E-state index is 6.07. The zero-order valence-corrected chi connectivity index (χ0v) is 11.3. The molecule has 2 atom stereocenters. The van der Waals surface area contributed by atoms with Crippen LogP contribution in [0.4, 0.5) is 0 Å². The summed E-state index contributed by atoms with van der Waals surface area (Å²) < 4.78 is 11.7. The van der Waals surface area contributed by atoms with E-state index in [1.807, 2.05) is 48.5 Å². The number of rotatable bonds is 2. The summed E-state index contributed by atoms with van der Waals surface area (Å²) in [6, 6.07) is 17.9. The lowest BCUT2D eigenvalue weighted by atomic mass is 10.0. The first-order valence-electron chi connectivity index (χ1n) is 5.92. The van der Waals surface area contributed by atoms with Crippen LogP contribution in [-0.4, -0.2) is 11.4 Å².